The number of hydrogen-bond donors (Lipinski definition) is 0. The van der Waals surface area contributed by atoms with Gasteiger partial charge in [0.1, 0.15) is 0 Å². The summed E-state index contributed by atoms with van der Waals surface area (Å²) in [6.07, 6.45) is 2.83. The van der Waals surface area contributed by atoms with Crippen molar-refractivity contribution in [1.29, 1.82) is 0 Å². The largest absolute Gasteiger partial charge is 0.298 e. The highest BCUT2D eigenvalue weighted by Crippen LogP contribution is 2.30. The average molecular weight is 183 g/mol. The lowest BCUT2D eigenvalue weighted by Gasteiger charge is -2.43. The number of nitrogens with zero attached hydrogens (tertiary/aromatic N) is 1. The van der Waals surface area contributed by atoms with Crippen molar-refractivity contribution in [2.75, 3.05) is 6.54 Å². The highest BCUT2D eigenvalue weighted by Gasteiger charge is 2.30. The molecule has 0 amide bonds. The minimum atomic E-state index is 0.719. The third-order valence-corrected chi connectivity index (χ3v) is 3.62. The van der Waals surface area contributed by atoms with Crippen LogP contribution >= 0.6 is 0 Å². The second-order valence-corrected chi connectivity index (χ2v) is 5.12. The van der Waals surface area contributed by atoms with Crippen LogP contribution in [-0.4, -0.2) is 23.5 Å². The lowest BCUT2D eigenvalue weighted by Crippen LogP contribution is -2.48. The summed E-state index contributed by atoms with van der Waals surface area (Å²) in [6, 6.07) is 1.50. The van der Waals surface area contributed by atoms with Gasteiger partial charge in [0.25, 0.3) is 0 Å². The van der Waals surface area contributed by atoms with Crippen molar-refractivity contribution in [3.05, 3.63) is 0 Å². The Morgan fingerprint density at radius 2 is 1.77 bits per heavy atom. The molecule has 0 aromatic carbocycles. The predicted octanol–water partition coefficient (Wildman–Crippen LogP) is 3.15. The zero-order valence-corrected chi connectivity index (χ0v) is 9.88. The van der Waals surface area contributed by atoms with Gasteiger partial charge in [-0.2, -0.15) is 0 Å². The van der Waals surface area contributed by atoms with E-state index in [-0.39, 0.29) is 0 Å². The fourth-order valence-corrected chi connectivity index (χ4v) is 2.82. The summed E-state index contributed by atoms with van der Waals surface area (Å²) in [5.74, 6) is 1.76. The molecule has 78 valence electrons. The van der Waals surface area contributed by atoms with Crippen LogP contribution in [0.3, 0.4) is 0 Å². The van der Waals surface area contributed by atoms with E-state index in [9.17, 15) is 0 Å². The highest BCUT2D eigenvalue weighted by molar-refractivity contribution is 4.84. The molecule has 0 bridgehead atoms. The minimum Gasteiger partial charge on any atom is -0.298 e. The SMILES string of the molecule is CC(C)C1CCCN(C(C)C)C1C. The summed E-state index contributed by atoms with van der Waals surface area (Å²) in [7, 11) is 0. The summed E-state index contributed by atoms with van der Waals surface area (Å²) in [5, 5.41) is 0. The molecule has 13 heavy (non-hydrogen) atoms. The zero-order valence-electron chi connectivity index (χ0n) is 9.88. The van der Waals surface area contributed by atoms with E-state index in [1.54, 1.807) is 0 Å². The molecule has 0 aromatic rings. The molecule has 0 radical (unpaired) electrons. The molecule has 1 aliphatic heterocycles. The summed E-state index contributed by atoms with van der Waals surface area (Å²) in [6.45, 7) is 13.1. The molecule has 1 fully saturated rings. The molecule has 0 aromatic heterocycles. The van der Waals surface area contributed by atoms with Crippen molar-refractivity contribution in [2.45, 2.75) is 59.5 Å². The van der Waals surface area contributed by atoms with Crippen LogP contribution in [-0.2, 0) is 0 Å². The molecule has 1 aliphatic rings. The van der Waals surface area contributed by atoms with Gasteiger partial charge in [0.2, 0.25) is 0 Å². The molecule has 1 heteroatoms. The molecule has 2 atom stereocenters. The van der Waals surface area contributed by atoms with Gasteiger partial charge in [-0.25, -0.2) is 0 Å². The van der Waals surface area contributed by atoms with Gasteiger partial charge < -0.3 is 0 Å². The van der Waals surface area contributed by atoms with E-state index < -0.39 is 0 Å². The Labute approximate surface area is 83.5 Å². The maximum Gasteiger partial charge on any atom is 0.0100 e. The second kappa shape index (κ2) is 4.45. The highest BCUT2D eigenvalue weighted by atomic mass is 15.2. The average Bonchev–Trinajstić information content (AvgIpc) is 2.03. The van der Waals surface area contributed by atoms with Crippen LogP contribution in [0.5, 0.6) is 0 Å². The molecule has 0 saturated carbocycles. The van der Waals surface area contributed by atoms with E-state index in [1.165, 1.54) is 19.4 Å². The topological polar surface area (TPSA) is 3.24 Å². The lowest BCUT2D eigenvalue weighted by atomic mass is 9.81. The van der Waals surface area contributed by atoms with E-state index in [0.717, 1.165) is 23.9 Å². The van der Waals surface area contributed by atoms with Crippen molar-refractivity contribution >= 4 is 0 Å². The normalized spacial score (nSPS) is 31.6. The van der Waals surface area contributed by atoms with Crippen molar-refractivity contribution < 1.29 is 0 Å². The van der Waals surface area contributed by atoms with Gasteiger partial charge in [-0.1, -0.05) is 13.8 Å². The Morgan fingerprint density at radius 3 is 2.23 bits per heavy atom. The smallest absolute Gasteiger partial charge is 0.0100 e. The van der Waals surface area contributed by atoms with Crippen molar-refractivity contribution in [2.24, 2.45) is 11.8 Å². The summed E-state index contributed by atoms with van der Waals surface area (Å²) in [4.78, 5) is 2.66. The Morgan fingerprint density at radius 1 is 1.15 bits per heavy atom. The van der Waals surface area contributed by atoms with Gasteiger partial charge in [0.15, 0.2) is 0 Å². The van der Waals surface area contributed by atoms with Crippen LogP contribution in [0.1, 0.15) is 47.5 Å². The summed E-state index contributed by atoms with van der Waals surface area (Å²) < 4.78 is 0. The van der Waals surface area contributed by atoms with Crippen LogP contribution in [0.2, 0.25) is 0 Å². The first kappa shape index (κ1) is 11.0. The van der Waals surface area contributed by atoms with Crippen LogP contribution in [0.15, 0.2) is 0 Å². The number of hydrogen-bond acceptors (Lipinski definition) is 1. The molecule has 1 heterocycles. The van der Waals surface area contributed by atoms with E-state index in [0.29, 0.717) is 0 Å². The predicted molar refractivity (Wildman–Crippen MR) is 58.9 cm³/mol. The van der Waals surface area contributed by atoms with E-state index in [2.05, 4.69) is 39.5 Å². The van der Waals surface area contributed by atoms with E-state index >= 15 is 0 Å². The molecule has 0 aliphatic carbocycles. The fourth-order valence-electron chi connectivity index (χ4n) is 2.82. The molecular weight excluding hydrogens is 158 g/mol. The van der Waals surface area contributed by atoms with Crippen molar-refractivity contribution in [3.63, 3.8) is 0 Å². The van der Waals surface area contributed by atoms with Crippen LogP contribution < -0.4 is 0 Å². The first-order valence-corrected chi connectivity index (χ1v) is 5.79. The minimum absolute atomic E-state index is 0.719. The van der Waals surface area contributed by atoms with Gasteiger partial charge in [-0.15, -0.1) is 0 Å². The molecule has 2 unspecified atom stereocenters. The van der Waals surface area contributed by atoms with Gasteiger partial charge in [-0.05, 0) is 52.0 Å². The standard InChI is InChI=1S/C12H25N/c1-9(2)12-7-6-8-13(10(3)4)11(12)5/h9-12H,6-8H2,1-5H3. The Kier molecular flexibility index (Phi) is 3.78. The maximum atomic E-state index is 2.66. The molecule has 1 nitrogen and oxygen atoms in total. The maximum absolute atomic E-state index is 2.66. The van der Waals surface area contributed by atoms with Crippen molar-refractivity contribution in [3.8, 4) is 0 Å². The van der Waals surface area contributed by atoms with Crippen LogP contribution in [0.25, 0.3) is 0 Å². The Hall–Kier alpha value is -0.0400. The first-order chi connectivity index (χ1) is 6.04. The van der Waals surface area contributed by atoms with E-state index in [1.807, 2.05) is 0 Å². The van der Waals surface area contributed by atoms with Crippen LogP contribution in [0.4, 0.5) is 0 Å². The third kappa shape index (κ3) is 2.46. The van der Waals surface area contributed by atoms with E-state index in [4.69, 9.17) is 0 Å². The molecule has 0 spiro atoms. The fraction of sp³-hybridized carbons (Fsp3) is 1.00. The molecule has 1 rings (SSSR count). The number of likely N-dealkylation sites (tertiary alicyclic amines) is 1. The summed E-state index contributed by atoms with van der Waals surface area (Å²) >= 11 is 0. The number of piperidine rings is 1. The monoisotopic (exact) mass is 183 g/mol. The first-order valence-electron chi connectivity index (χ1n) is 5.79. The van der Waals surface area contributed by atoms with Gasteiger partial charge in [0.05, 0.1) is 0 Å². The molecule has 1 saturated heterocycles. The number of rotatable bonds is 2. The van der Waals surface area contributed by atoms with Gasteiger partial charge in [-0.3, -0.25) is 4.90 Å². The van der Waals surface area contributed by atoms with Gasteiger partial charge >= 0.3 is 0 Å². The van der Waals surface area contributed by atoms with Crippen LogP contribution in [0, 0.1) is 11.8 Å². The Bertz CT molecular complexity index is 135. The molecule has 0 N–H and O–H groups in total. The Balaban J connectivity index is 2.60. The zero-order chi connectivity index (χ0) is 10.0. The van der Waals surface area contributed by atoms with Gasteiger partial charge in [0, 0.05) is 12.1 Å². The second-order valence-electron chi connectivity index (χ2n) is 5.12. The third-order valence-electron chi connectivity index (χ3n) is 3.62. The lowest BCUT2D eigenvalue weighted by molar-refractivity contribution is 0.0543. The molecular formula is C12H25N. The van der Waals surface area contributed by atoms with Crippen molar-refractivity contribution in [1.82, 2.24) is 4.90 Å². The quantitative estimate of drug-likeness (QED) is 0.635. The summed E-state index contributed by atoms with van der Waals surface area (Å²) in [5.41, 5.74) is 0.